The number of aryl methyl sites for hydroxylation is 1. The second-order valence-corrected chi connectivity index (χ2v) is 6.18. The van der Waals surface area contributed by atoms with Crippen molar-refractivity contribution >= 4 is 0 Å². The number of nitrogens with zero attached hydrogens (tertiary/aromatic N) is 1. The molecule has 19 heavy (non-hydrogen) atoms. The Morgan fingerprint density at radius 1 is 1.37 bits per heavy atom. The zero-order chi connectivity index (χ0) is 13.9. The summed E-state index contributed by atoms with van der Waals surface area (Å²) in [5, 5.41) is 6.83. The van der Waals surface area contributed by atoms with Crippen molar-refractivity contribution in [3.63, 3.8) is 0 Å². The molecule has 1 aliphatic heterocycles. The Kier molecular flexibility index (Phi) is 4.66. The summed E-state index contributed by atoms with van der Waals surface area (Å²) in [5.41, 5.74) is 0.135. The Morgan fingerprint density at radius 3 is 2.58 bits per heavy atom. The van der Waals surface area contributed by atoms with Gasteiger partial charge in [0.05, 0.1) is 6.04 Å². The molecule has 2 heterocycles. The summed E-state index contributed by atoms with van der Waals surface area (Å²) in [6.07, 6.45) is 0. The molecule has 1 fully saturated rings. The molecular formula is C15H27N3O. The second-order valence-electron chi connectivity index (χ2n) is 6.18. The van der Waals surface area contributed by atoms with Crippen LogP contribution >= 0.6 is 0 Å². The van der Waals surface area contributed by atoms with Gasteiger partial charge in [-0.1, -0.05) is 13.8 Å². The normalized spacial score (nSPS) is 19.6. The van der Waals surface area contributed by atoms with E-state index in [-0.39, 0.29) is 11.5 Å². The molecule has 1 unspecified atom stereocenters. The summed E-state index contributed by atoms with van der Waals surface area (Å²) < 4.78 is 5.82. The molecule has 0 radical (unpaired) electrons. The molecule has 0 aromatic carbocycles. The standard InChI is InChI=1S/C15H27N3O/c1-12-5-6-13(19-12)14(16-4)15(2,3)11-18-9-7-17-8-10-18/h5-6,14,16-17H,7-11H2,1-4H3. The van der Waals surface area contributed by atoms with E-state index in [1.165, 1.54) is 0 Å². The molecule has 2 rings (SSSR count). The molecule has 1 aliphatic rings. The second kappa shape index (κ2) is 6.07. The van der Waals surface area contributed by atoms with Gasteiger partial charge < -0.3 is 20.0 Å². The number of piperazine rings is 1. The Morgan fingerprint density at radius 2 is 2.05 bits per heavy atom. The van der Waals surface area contributed by atoms with E-state index >= 15 is 0 Å². The third-order valence-corrected chi connectivity index (χ3v) is 3.96. The molecule has 2 N–H and O–H groups in total. The molecule has 0 amide bonds. The van der Waals surface area contributed by atoms with Gasteiger partial charge in [0.2, 0.25) is 0 Å². The minimum absolute atomic E-state index is 0.135. The molecule has 1 saturated heterocycles. The molecule has 1 aromatic heterocycles. The minimum atomic E-state index is 0.135. The number of nitrogens with one attached hydrogen (secondary N) is 2. The lowest BCUT2D eigenvalue weighted by Crippen LogP contribution is -2.49. The van der Waals surface area contributed by atoms with Crippen molar-refractivity contribution in [3.8, 4) is 0 Å². The van der Waals surface area contributed by atoms with Gasteiger partial charge in [-0.05, 0) is 31.5 Å². The molecule has 0 aliphatic carbocycles. The summed E-state index contributed by atoms with van der Waals surface area (Å²) in [6, 6.07) is 4.38. The quantitative estimate of drug-likeness (QED) is 0.851. The van der Waals surface area contributed by atoms with Crippen molar-refractivity contribution in [1.29, 1.82) is 0 Å². The van der Waals surface area contributed by atoms with E-state index in [1.807, 2.05) is 20.0 Å². The summed E-state index contributed by atoms with van der Waals surface area (Å²) in [7, 11) is 2.02. The van der Waals surface area contributed by atoms with Crippen LogP contribution in [-0.2, 0) is 0 Å². The third-order valence-electron chi connectivity index (χ3n) is 3.96. The fourth-order valence-corrected chi connectivity index (χ4v) is 3.06. The maximum absolute atomic E-state index is 5.82. The van der Waals surface area contributed by atoms with Crippen LogP contribution in [0, 0.1) is 12.3 Å². The fourth-order valence-electron chi connectivity index (χ4n) is 3.06. The number of rotatable bonds is 5. The number of furan rings is 1. The van der Waals surface area contributed by atoms with Gasteiger partial charge in [0.25, 0.3) is 0 Å². The van der Waals surface area contributed by atoms with Crippen molar-refractivity contribution in [2.75, 3.05) is 39.8 Å². The fraction of sp³-hybridized carbons (Fsp3) is 0.733. The zero-order valence-corrected chi connectivity index (χ0v) is 12.6. The lowest BCUT2D eigenvalue weighted by molar-refractivity contribution is 0.118. The van der Waals surface area contributed by atoms with Crippen LogP contribution in [0.15, 0.2) is 16.5 Å². The van der Waals surface area contributed by atoms with Crippen molar-refractivity contribution in [2.24, 2.45) is 5.41 Å². The van der Waals surface area contributed by atoms with E-state index in [2.05, 4.69) is 35.4 Å². The molecule has 0 saturated carbocycles. The Hall–Kier alpha value is -0.840. The first-order chi connectivity index (χ1) is 9.03. The summed E-state index contributed by atoms with van der Waals surface area (Å²) in [6.45, 7) is 12.2. The van der Waals surface area contributed by atoms with E-state index in [1.54, 1.807) is 0 Å². The largest absolute Gasteiger partial charge is 0.465 e. The van der Waals surface area contributed by atoms with Crippen molar-refractivity contribution in [1.82, 2.24) is 15.5 Å². The van der Waals surface area contributed by atoms with Crippen LogP contribution in [0.25, 0.3) is 0 Å². The molecular weight excluding hydrogens is 238 g/mol. The van der Waals surface area contributed by atoms with Crippen LogP contribution in [0.2, 0.25) is 0 Å². The first-order valence-corrected chi connectivity index (χ1v) is 7.19. The van der Waals surface area contributed by atoms with Crippen LogP contribution in [-0.4, -0.2) is 44.7 Å². The Bertz CT molecular complexity index is 394. The SMILES string of the molecule is CNC(c1ccc(C)o1)C(C)(C)CN1CCNCC1. The van der Waals surface area contributed by atoms with E-state index in [9.17, 15) is 0 Å². The monoisotopic (exact) mass is 265 g/mol. The average Bonchev–Trinajstić information content (AvgIpc) is 2.76. The summed E-state index contributed by atoms with van der Waals surface area (Å²) in [4.78, 5) is 2.54. The number of hydrogen-bond acceptors (Lipinski definition) is 4. The van der Waals surface area contributed by atoms with Crippen molar-refractivity contribution in [3.05, 3.63) is 23.7 Å². The maximum atomic E-state index is 5.82. The van der Waals surface area contributed by atoms with E-state index in [0.29, 0.717) is 0 Å². The molecule has 1 aromatic rings. The number of hydrogen-bond donors (Lipinski definition) is 2. The smallest absolute Gasteiger partial charge is 0.121 e. The lowest BCUT2D eigenvalue weighted by atomic mass is 9.82. The van der Waals surface area contributed by atoms with Gasteiger partial charge in [0, 0.05) is 32.7 Å². The van der Waals surface area contributed by atoms with Gasteiger partial charge in [-0.3, -0.25) is 0 Å². The Labute approximate surface area is 116 Å². The molecule has 0 spiro atoms. The van der Waals surface area contributed by atoms with Gasteiger partial charge in [0.15, 0.2) is 0 Å². The molecule has 0 bridgehead atoms. The van der Waals surface area contributed by atoms with Gasteiger partial charge in [0.1, 0.15) is 11.5 Å². The highest BCUT2D eigenvalue weighted by atomic mass is 16.3. The van der Waals surface area contributed by atoms with Gasteiger partial charge >= 0.3 is 0 Å². The predicted octanol–water partition coefficient (Wildman–Crippen LogP) is 1.78. The van der Waals surface area contributed by atoms with Crippen LogP contribution < -0.4 is 10.6 Å². The van der Waals surface area contributed by atoms with Crippen LogP contribution in [0.5, 0.6) is 0 Å². The topological polar surface area (TPSA) is 40.4 Å². The van der Waals surface area contributed by atoms with Gasteiger partial charge in [-0.15, -0.1) is 0 Å². The zero-order valence-electron chi connectivity index (χ0n) is 12.6. The Balaban J connectivity index is 2.06. The molecule has 4 heteroatoms. The summed E-state index contributed by atoms with van der Waals surface area (Å²) >= 11 is 0. The predicted molar refractivity (Wildman–Crippen MR) is 78.3 cm³/mol. The van der Waals surface area contributed by atoms with Crippen molar-refractivity contribution < 1.29 is 4.42 Å². The van der Waals surface area contributed by atoms with Gasteiger partial charge in [-0.2, -0.15) is 0 Å². The highest BCUT2D eigenvalue weighted by Crippen LogP contribution is 2.34. The van der Waals surface area contributed by atoms with Crippen molar-refractivity contribution in [2.45, 2.75) is 26.8 Å². The van der Waals surface area contributed by atoms with Crippen LogP contribution in [0.3, 0.4) is 0 Å². The third kappa shape index (κ3) is 3.59. The van der Waals surface area contributed by atoms with E-state index in [0.717, 1.165) is 44.2 Å². The minimum Gasteiger partial charge on any atom is -0.465 e. The van der Waals surface area contributed by atoms with Gasteiger partial charge in [-0.25, -0.2) is 0 Å². The van der Waals surface area contributed by atoms with Crippen LogP contribution in [0.1, 0.15) is 31.4 Å². The lowest BCUT2D eigenvalue weighted by Gasteiger charge is -2.39. The maximum Gasteiger partial charge on any atom is 0.121 e. The van der Waals surface area contributed by atoms with Crippen LogP contribution in [0.4, 0.5) is 0 Å². The highest BCUT2D eigenvalue weighted by Gasteiger charge is 2.33. The highest BCUT2D eigenvalue weighted by molar-refractivity contribution is 5.12. The molecule has 108 valence electrons. The van der Waals surface area contributed by atoms with E-state index < -0.39 is 0 Å². The summed E-state index contributed by atoms with van der Waals surface area (Å²) in [5.74, 6) is 2.02. The average molecular weight is 265 g/mol. The first kappa shape index (κ1) is 14.6. The first-order valence-electron chi connectivity index (χ1n) is 7.19. The van der Waals surface area contributed by atoms with E-state index in [4.69, 9.17) is 4.42 Å². The molecule has 1 atom stereocenters. The molecule has 4 nitrogen and oxygen atoms in total.